The first kappa shape index (κ1) is 14.6. The second-order valence-electron chi connectivity index (χ2n) is 6.28. The van der Waals surface area contributed by atoms with E-state index in [-0.39, 0.29) is 22.4 Å². The first-order valence-corrected chi connectivity index (χ1v) is 9.09. The fourth-order valence-electron chi connectivity index (χ4n) is 3.53. The van der Waals surface area contributed by atoms with Gasteiger partial charge in [-0.3, -0.25) is 9.59 Å². The van der Waals surface area contributed by atoms with E-state index in [2.05, 4.69) is 9.97 Å². The number of aromatic nitrogens is 2. The van der Waals surface area contributed by atoms with Crippen LogP contribution in [0.1, 0.15) is 23.3 Å². The zero-order valence-electron chi connectivity index (χ0n) is 13.3. The average Bonchev–Trinajstić information content (AvgIpc) is 3.01. The van der Waals surface area contributed by atoms with E-state index in [1.54, 1.807) is 29.5 Å². The second kappa shape index (κ2) is 5.39. The van der Waals surface area contributed by atoms with Gasteiger partial charge in [0.25, 0.3) is 5.56 Å². The van der Waals surface area contributed by atoms with Gasteiger partial charge in [0.15, 0.2) is 0 Å². The minimum Gasteiger partial charge on any atom is -0.463 e. The van der Waals surface area contributed by atoms with Crippen molar-refractivity contribution in [2.75, 3.05) is 0 Å². The molecule has 0 atom stereocenters. The van der Waals surface area contributed by atoms with Crippen molar-refractivity contribution in [1.82, 2.24) is 9.97 Å². The molecule has 1 N–H and O–H groups in total. The number of nitrogens with zero attached hydrogens (tertiary/aromatic N) is 1. The number of para-hydroxylation sites is 1. The third-order valence-corrected chi connectivity index (χ3v) is 5.95. The average molecular weight is 350 g/mol. The van der Waals surface area contributed by atoms with E-state index < -0.39 is 0 Å². The highest BCUT2D eigenvalue weighted by molar-refractivity contribution is 7.18. The van der Waals surface area contributed by atoms with Crippen LogP contribution in [0.5, 0.6) is 0 Å². The van der Waals surface area contributed by atoms with Crippen molar-refractivity contribution in [1.29, 1.82) is 0 Å². The van der Waals surface area contributed by atoms with Crippen LogP contribution in [0, 0.1) is 0 Å². The van der Waals surface area contributed by atoms with Gasteiger partial charge < -0.3 is 9.40 Å². The van der Waals surface area contributed by atoms with Crippen molar-refractivity contribution < 1.29 is 4.42 Å². The lowest BCUT2D eigenvalue weighted by Crippen LogP contribution is -2.14. The number of rotatable bonds is 1. The molecule has 4 aromatic rings. The Morgan fingerprint density at radius 3 is 2.88 bits per heavy atom. The molecule has 1 aliphatic carbocycles. The maximum Gasteiger partial charge on any atom is 0.260 e. The van der Waals surface area contributed by atoms with Crippen LogP contribution in [-0.4, -0.2) is 9.97 Å². The Hall–Kier alpha value is -2.73. The zero-order chi connectivity index (χ0) is 17.0. The monoisotopic (exact) mass is 350 g/mol. The molecule has 5 nitrogen and oxygen atoms in total. The molecular formula is C19H14N2O3S. The Morgan fingerprint density at radius 1 is 1.12 bits per heavy atom. The van der Waals surface area contributed by atoms with Crippen molar-refractivity contribution in [3.8, 4) is 11.4 Å². The minimum atomic E-state index is -0.189. The summed E-state index contributed by atoms with van der Waals surface area (Å²) in [6.07, 6.45) is 5.57. The van der Waals surface area contributed by atoms with Crippen molar-refractivity contribution in [2.24, 2.45) is 0 Å². The van der Waals surface area contributed by atoms with Gasteiger partial charge >= 0.3 is 0 Å². The van der Waals surface area contributed by atoms with Crippen LogP contribution in [0.3, 0.4) is 0 Å². The first-order chi connectivity index (χ1) is 12.2. The zero-order valence-corrected chi connectivity index (χ0v) is 14.1. The van der Waals surface area contributed by atoms with Crippen LogP contribution in [0.4, 0.5) is 0 Å². The molecule has 6 heteroatoms. The molecule has 1 aromatic carbocycles. The molecule has 0 bridgehead atoms. The molecule has 0 radical (unpaired) electrons. The summed E-state index contributed by atoms with van der Waals surface area (Å²) in [4.78, 5) is 34.7. The number of fused-ring (bicyclic) bond motifs is 4. The lowest BCUT2D eigenvalue weighted by Gasteiger charge is -2.09. The molecule has 0 spiro atoms. The number of hydrogen-bond donors (Lipinski definition) is 1. The van der Waals surface area contributed by atoms with Crippen LogP contribution in [0.2, 0.25) is 0 Å². The molecule has 0 unspecified atom stereocenters. The highest BCUT2D eigenvalue weighted by Crippen LogP contribution is 2.34. The highest BCUT2D eigenvalue weighted by atomic mass is 32.1. The summed E-state index contributed by atoms with van der Waals surface area (Å²) in [5.74, 6) is 0.274. The Morgan fingerprint density at radius 2 is 1.96 bits per heavy atom. The third-order valence-electron chi connectivity index (χ3n) is 4.76. The van der Waals surface area contributed by atoms with Crippen molar-refractivity contribution in [3.05, 3.63) is 61.5 Å². The van der Waals surface area contributed by atoms with Crippen LogP contribution in [0.25, 0.3) is 32.6 Å². The quantitative estimate of drug-likeness (QED) is 0.569. The standard InChI is InChI=1S/C19H14N2O3S/c22-16-10-5-1-3-7-13(10)24-9-12(16)17-20-18(23)15-11-6-2-4-8-14(11)25-19(15)21-17/h1,3,5,7,9H,2,4,6,8H2,(H,20,21,23). The summed E-state index contributed by atoms with van der Waals surface area (Å²) in [6.45, 7) is 0. The lowest BCUT2D eigenvalue weighted by molar-refractivity contribution is 0.604. The van der Waals surface area contributed by atoms with E-state index in [0.717, 1.165) is 31.2 Å². The molecule has 25 heavy (non-hydrogen) atoms. The maximum absolute atomic E-state index is 12.8. The Labute approximate surface area is 146 Å². The molecular weight excluding hydrogens is 336 g/mol. The Balaban J connectivity index is 1.78. The van der Waals surface area contributed by atoms with E-state index in [1.807, 2.05) is 6.07 Å². The summed E-state index contributed by atoms with van der Waals surface area (Å²) in [6, 6.07) is 7.06. The van der Waals surface area contributed by atoms with Gasteiger partial charge in [0.05, 0.1) is 10.8 Å². The van der Waals surface area contributed by atoms with Gasteiger partial charge in [-0.2, -0.15) is 0 Å². The van der Waals surface area contributed by atoms with Crippen LogP contribution < -0.4 is 11.0 Å². The van der Waals surface area contributed by atoms with Crippen molar-refractivity contribution >= 4 is 32.5 Å². The molecule has 0 saturated carbocycles. The number of thiophene rings is 1. The Kier molecular flexibility index (Phi) is 3.15. The van der Waals surface area contributed by atoms with Crippen LogP contribution in [0.15, 0.2) is 44.5 Å². The normalized spacial score (nSPS) is 14.1. The molecule has 1 aliphatic rings. The summed E-state index contributed by atoms with van der Waals surface area (Å²) in [5, 5.41) is 1.17. The smallest absolute Gasteiger partial charge is 0.260 e. The van der Waals surface area contributed by atoms with Gasteiger partial charge in [0.2, 0.25) is 5.43 Å². The first-order valence-electron chi connectivity index (χ1n) is 8.28. The predicted octanol–water partition coefficient (Wildman–Crippen LogP) is 3.64. The van der Waals surface area contributed by atoms with E-state index >= 15 is 0 Å². The van der Waals surface area contributed by atoms with E-state index in [4.69, 9.17) is 4.42 Å². The van der Waals surface area contributed by atoms with Crippen molar-refractivity contribution in [2.45, 2.75) is 25.7 Å². The van der Waals surface area contributed by atoms with Gasteiger partial charge in [0, 0.05) is 4.88 Å². The molecule has 0 amide bonds. The Bertz CT molecular complexity index is 1250. The maximum atomic E-state index is 12.8. The van der Waals surface area contributed by atoms with E-state index in [0.29, 0.717) is 21.2 Å². The number of aryl methyl sites for hydroxylation is 2. The summed E-state index contributed by atoms with van der Waals surface area (Å²) in [7, 11) is 0. The van der Waals surface area contributed by atoms with Crippen molar-refractivity contribution in [3.63, 3.8) is 0 Å². The number of hydrogen-bond acceptors (Lipinski definition) is 5. The lowest BCUT2D eigenvalue weighted by atomic mass is 9.97. The van der Waals surface area contributed by atoms with E-state index in [1.165, 1.54) is 11.1 Å². The minimum absolute atomic E-state index is 0.174. The molecule has 0 saturated heterocycles. The third kappa shape index (κ3) is 2.17. The predicted molar refractivity (Wildman–Crippen MR) is 98.4 cm³/mol. The largest absolute Gasteiger partial charge is 0.463 e. The van der Waals surface area contributed by atoms with Crippen LogP contribution in [-0.2, 0) is 12.8 Å². The van der Waals surface area contributed by atoms with Gasteiger partial charge in [-0.1, -0.05) is 12.1 Å². The second-order valence-corrected chi connectivity index (χ2v) is 7.36. The number of benzene rings is 1. The van der Waals surface area contributed by atoms with Gasteiger partial charge in [-0.05, 0) is 43.4 Å². The fourth-order valence-corrected chi connectivity index (χ4v) is 4.79. The molecule has 3 heterocycles. The molecule has 0 fully saturated rings. The van der Waals surface area contributed by atoms with Gasteiger partial charge in [-0.15, -0.1) is 11.3 Å². The molecule has 3 aromatic heterocycles. The SMILES string of the molecule is O=c1c(-c2nc3sc4c(c3c(=O)[nH]2)CCCC4)coc2ccccc12. The number of H-pyrrole nitrogens is 1. The number of aromatic amines is 1. The molecule has 0 aliphatic heterocycles. The van der Waals surface area contributed by atoms with Crippen LogP contribution >= 0.6 is 11.3 Å². The topological polar surface area (TPSA) is 76.0 Å². The van der Waals surface area contributed by atoms with Gasteiger partial charge in [-0.25, -0.2) is 4.98 Å². The van der Waals surface area contributed by atoms with E-state index in [9.17, 15) is 9.59 Å². The summed E-state index contributed by atoms with van der Waals surface area (Å²) < 4.78 is 5.55. The molecule has 5 rings (SSSR count). The van der Waals surface area contributed by atoms with Gasteiger partial charge in [0.1, 0.15) is 28.1 Å². The summed E-state index contributed by atoms with van der Waals surface area (Å²) in [5.41, 5.74) is 1.57. The highest BCUT2D eigenvalue weighted by Gasteiger charge is 2.21. The molecule has 124 valence electrons. The number of nitrogens with one attached hydrogen (secondary N) is 1. The fraction of sp³-hybridized carbons (Fsp3) is 0.211. The summed E-state index contributed by atoms with van der Waals surface area (Å²) >= 11 is 1.57.